The summed E-state index contributed by atoms with van der Waals surface area (Å²) in [6.07, 6.45) is 0.523. The van der Waals surface area contributed by atoms with E-state index >= 15 is 0 Å². The fourth-order valence-corrected chi connectivity index (χ4v) is 2.31. The summed E-state index contributed by atoms with van der Waals surface area (Å²) in [6.45, 7) is 5.95. The van der Waals surface area contributed by atoms with Crippen molar-refractivity contribution in [3.63, 3.8) is 0 Å². The van der Waals surface area contributed by atoms with Crippen LogP contribution in [0.15, 0.2) is 24.3 Å². The first-order valence-electron chi connectivity index (χ1n) is 6.39. The van der Waals surface area contributed by atoms with Crippen LogP contribution in [0.3, 0.4) is 0 Å². The van der Waals surface area contributed by atoms with E-state index in [9.17, 15) is 10.1 Å². The predicted octanol–water partition coefficient (Wildman–Crippen LogP) is 3.94. The molecule has 6 heteroatoms. The summed E-state index contributed by atoms with van der Waals surface area (Å²) in [5, 5.41) is 15.6. The van der Waals surface area contributed by atoms with E-state index in [2.05, 4.69) is 5.10 Å². The van der Waals surface area contributed by atoms with E-state index in [0.717, 1.165) is 11.3 Å². The van der Waals surface area contributed by atoms with E-state index in [1.165, 1.54) is 4.68 Å². The van der Waals surface area contributed by atoms with Crippen LogP contribution in [-0.2, 0) is 6.42 Å². The highest BCUT2D eigenvalue weighted by Gasteiger charge is 2.27. The molecule has 2 aromatic rings. The van der Waals surface area contributed by atoms with Crippen molar-refractivity contribution in [1.82, 2.24) is 9.78 Å². The van der Waals surface area contributed by atoms with Crippen LogP contribution in [0.4, 0.5) is 5.69 Å². The summed E-state index contributed by atoms with van der Waals surface area (Å²) >= 11 is 6.14. The summed E-state index contributed by atoms with van der Waals surface area (Å²) < 4.78 is 1.43. The van der Waals surface area contributed by atoms with Gasteiger partial charge in [0.2, 0.25) is 5.15 Å². The highest BCUT2D eigenvalue weighted by atomic mass is 35.5. The fourth-order valence-electron chi connectivity index (χ4n) is 1.99. The summed E-state index contributed by atoms with van der Waals surface area (Å²) in [5.74, 6) is 0.270. The van der Waals surface area contributed by atoms with Crippen molar-refractivity contribution in [2.75, 3.05) is 0 Å². The van der Waals surface area contributed by atoms with Gasteiger partial charge in [-0.2, -0.15) is 5.10 Å². The van der Waals surface area contributed by atoms with Crippen molar-refractivity contribution in [2.45, 2.75) is 27.2 Å². The number of halogens is 1. The van der Waals surface area contributed by atoms with Gasteiger partial charge >= 0.3 is 5.69 Å². The average Bonchev–Trinajstić information content (AvgIpc) is 2.66. The molecule has 0 bridgehead atoms. The van der Waals surface area contributed by atoms with Gasteiger partial charge in [-0.3, -0.25) is 10.1 Å². The number of aromatic nitrogens is 2. The van der Waals surface area contributed by atoms with Crippen molar-refractivity contribution in [1.29, 1.82) is 0 Å². The minimum Gasteiger partial charge on any atom is -0.258 e. The molecule has 0 spiro atoms. The zero-order valence-corrected chi connectivity index (χ0v) is 12.4. The Hall–Kier alpha value is -1.88. The lowest BCUT2D eigenvalue weighted by Crippen LogP contribution is -2.00. The maximum absolute atomic E-state index is 11.2. The van der Waals surface area contributed by atoms with Crippen molar-refractivity contribution in [3.05, 3.63) is 50.8 Å². The largest absolute Gasteiger partial charge is 0.329 e. The van der Waals surface area contributed by atoms with Crippen LogP contribution < -0.4 is 0 Å². The van der Waals surface area contributed by atoms with Gasteiger partial charge in [-0.1, -0.05) is 43.1 Å². The molecule has 0 atom stereocenters. The van der Waals surface area contributed by atoms with Gasteiger partial charge in [0.05, 0.1) is 10.6 Å². The van der Waals surface area contributed by atoms with Crippen molar-refractivity contribution >= 4 is 17.3 Å². The van der Waals surface area contributed by atoms with Gasteiger partial charge < -0.3 is 0 Å². The standard InChI is InChI=1S/C14H16ClN3O2/c1-9(2)8-12-13(18(19)20)14(15)17(16-12)11-6-4-10(3)5-7-11/h4-7,9H,8H2,1-3H3. The molecule has 0 aliphatic carbocycles. The Balaban J connectivity index is 2.54. The maximum atomic E-state index is 11.2. The molecule has 0 unspecified atom stereocenters. The number of nitrogens with zero attached hydrogens (tertiary/aromatic N) is 3. The molecule has 0 aliphatic rings. The SMILES string of the molecule is Cc1ccc(-n2nc(CC(C)C)c([N+](=O)[O-])c2Cl)cc1. The molecule has 2 rings (SSSR count). The van der Waals surface area contributed by atoms with Crippen LogP contribution in [0.25, 0.3) is 5.69 Å². The number of rotatable bonds is 4. The number of hydrogen-bond donors (Lipinski definition) is 0. The highest BCUT2D eigenvalue weighted by Crippen LogP contribution is 2.32. The molecule has 1 heterocycles. The van der Waals surface area contributed by atoms with Crippen molar-refractivity contribution in [2.24, 2.45) is 5.92 Å². The smallest absolute Gasteiger partial charge is 0.258 e. The predicted molar refractivity (Wildman–Crippen MR) is 78.5 cm³/mol. The summed E-state index contributed by atoms with van der Waals surface area (Å²) in [7, 11) is 0. The van der Waals surface area contributed by atoms with Gasteiger partial charge in [0, 0.05) is 6.42 Å². The lowest BCUT2D eigenvalue weighted by Gasteiger charge is -2.02. The minimum absolute atomic E-state index is 0.0505. The van der Waals surface area contributed by atoms with Gasteiger partial charge in [0.15, 0.2) is 0 Å². The Morgan fingerprint density at radius 2 is 1.95 bits per heavy atom. The molecule has 0 fully saturated rings. The van der Waals surface area contributed by atoms with Crippen LogP contribution in [0.5, 0.6) is 0 Å². The molecule has 0 radical (unpaired) electrons. The van der Waals surface area contributed by atoms with E-state index in [-0.39, 0.29) is 16.8 Å². The summed E-state index contributed by atoms with van der Waals surface area (Å²) in [4.78, 5) is 10.7. The second-order valence-corrected chi connectivity index (χ2v) is 5.55. The van der Waals surface area contributed by atoms with Crippen LogP contribution in [0.2, 0.25) is 5.15 Å². The molecule has 5 nitrogen and oxygen atoms in total. The average molecular weight is 294 g/mol. The third-order valence-electron chi connectivity index (χ3n) is 2.94. The number of aryl methyl sites for hydroxylation is 1. The van der Waals surface area contributed by atoms with Gasteiger partial charge in [0.1, 0.15) is 5.69 Å². The van der Waals surface area contributed by atoms with E-state index < -0.39 is 4.92 Å². The zero-order chi connectivity index (χ0) is 14.9. The zero-order valence-electron chi connectivity index (χ0n) is 11.6. The molecule has 1 aromatic heterocycles. The minimum atomic E-state index is -0.461. The highest BCUT2D eigenvalue weighted by molar-refractivity contribution is 6.32. The number of nitro groups is 1. The number of hydrogen-bond acceptors (Lipinski definition) is 3. The fraction of sp³-hybridized carbons (Fsp3) is 0.357. The van der Waals surface area contributed by atoms with Gasteiger partial charge in [-0.05, 0) is 25.0 Å². The monoisotopic (exact) mass is 293 g/mol. The van der Waals surface area contributed by atoms with E-state index in [4.69, 9.17) is 11.6 Å². The molecule has 1 aromatic carbocycles. The quantitative estimate of drug-likeness (QED) is 0.633. The Bertz CT molecular complexity index is 633. The lowest BCUT2D eigenvalue weighted by molar-refractivity contribution is -0.385. The van der Waals surface area contributed by atoms with Crippen LogP contribution >= 0.6 is 11.6 Å². The first-order valence-corrected chi connectivity index (χ1v) is 6.76. The normalized spacial score (nSPS) is 11.1. The van der Waals surface area contributed by atoms with Crippen LogP contribution in [0.1, 0.15) is 25.1 Å². The Morgan fingerprint density at radius 3 is 2.45 bits per heavy atom. The van der Waals surface area contributed by atoms with Crippen LogP contribution in [0, 0.1) is 23.0 Å². The van der Waals surface area contributed by atoms with Crippen molar-refractivity contribution < 1.29 is 4.92 Å². The second kappa shape index (κ2) is 5.63. The first-order chi connectivity index (χ1) is 9.40. The van der Waals surface area contributed by atoms with Crippen LogP contribution in [-0.4, -0.2) is 14.7 Å². The van der Waals surface area contributed by atoms with Gasteiger partial charge in [-0.25, -0.2) is 4.68 Å². The third kappa shape index (κ3) is 2.82. The second-order valence-electron chi connectivity index (χ2n) is 5.19. The molecule has 0 amide bonds. The number of benzene rings is 1. The molecule has 0 N–H and O–H groups in total. The maximum Gasteiger partial charge on any atom is 0.329 e. The summed E-state index contributed by atoms with van der Waals surface area (Å²) in [5.41, 5.74) is 2.16. The first kappa shape index (κ1) is 14.5. The molecule has 106 valence electrons. The van der Waals surface area contributed by atoms with Crippen molar-refractivity contribution in [3.8, 4) is 5.69 Å². The Morgan fingerprint density at radius 1 is 1.35 bits per heavy atom. The molecule has 20 heavy (non-hydrogen) atoms. The van der Waals surface area contributed by atoms with E-state index in [1.54, 1.807) is 0 Å². The third-order valence-corrected chi connectivity index (χ3v) is 3.28. The molecule has 0 aliphatic heterocycles. The molecule has 0 saturated heterocycles. The Kier molecular flexibility index (Phi) is 4.09. The lowest BCUT2D eigenvalue weighted by atomic mass is 10.1. The molecule has 0 saturated carbocycles. The topological polar surface area (TPSA) is 61.0 Å². The summed E-state index contributed by atoms with van der Waals surface area (Å²) in [6, 6.07) is 7.52. The van der Waals surface area contributed by atoms with Gasteiger partial charge in [-0.15, -0.1) is 0 Å². The van der Waals surface area contributed by atoms with Gasteiger partial charge in [0.25, 0.3) is 0 Å². The molecular formula is C14H16ClN3O2. The Labute approximate surface area is 122 Å². The van der Waals surface area contributed by atoms with E-state index in [1.807, 2.05) is 45.0 Å². The molecular weight excluding hydrogens is 278 g/mol. The van der Waals surface area contributed by atoms with E-state index in [0.29, 0.717) is 12.1 Å².